The Morgan fingerprint density at radius 2 is 2.67 bits per heavy atom. The molecule has 0 fully saturated rings. The second-order valence-electron chi connectivity index (χ2n) is 1.44. The molecular weight excluding hydrogens is 235 g/mol. The van der Waals surface area contributed by atoms with E-state index in [-0.39, 0.29) is 20.7 Å². The van der Waals surface area contributed by atoms with Gasteiger partial charge in [-0.2, -0.15) is 0 Å². The lowest BCUT2D eigenvalue weighted by molar-refractivity contribution is -0.270. The quantitative estimate of drug-likeness (QED) is 0.491. The zero-order valence-corrected chi connectivity index (χ0v) is 6.45. The highest BCUT2D eigenvalue weighted by molar-refractivity contribution is 14.2. The van der Waals surface area contributed by atoms with Gasteiger partial charge in [-0.05, 0) is 0 Å². The van der Waals surface area contributed by atoms with Crippen LogP contribution in [0.4, 0.5) is 0 Å². The van der Waals surface area contributed by atoms with Crippen LogP contribution in [0.2, 0.25) is 0 Å². The van der Waals surface area contributed by atoms with Crippen LogP contribution >= 0.6 is 20.7 Å². The number of halogens is 1. The summed E-state index contributed by atoms with van der Waals surface area (Å²) >= 11 is -0.0386. The molecule has 0 saturated heterocycles. The van der Waals surface area contributed by atoms with Crippen molar-refractivity contribution in [3.63, 3.8) is 0 Å². The van der Waals surface area contributed by atoms with Crippen LogP contribution in [0.15, 0.2) is 16.6 Å². The first kappa shape index (κ1) is 5.36. The highest BCUT2D eigenvalue weighted by Gasteiger charge is 2.15. The smallest absolute Gasteiger partial charge is 0.218 e. The number of aliphatic imine (C=N–C) groups is 1. The lowest BCUT2D eigenvalue weighted by atomic mass is 10.6. The molecule has 2 heterocycles. The van der Waals surface area contributed by atoms with Gasteiger partial charge in [-0.1, -0.05) is 25.7 Å². The fourth-order valence-corrected chi connectivity index (χ4v) is 1.84. The van der Waals surface area contributed by atoms with E-state index in [9.17, 15) is 0 Å². The summed E-state index contributed by atoms with van der Waals surface area (Å²) in [6.45, 7) is 0. The van der Waals surface area contributed by atoms with Gasteiger partial charge in [-0.15, -0.1) is 0 Å². The minimum atomic E-state index is -0.0386. The fourth-order valence-electron chi connectivity index (χ4n) is 0.517. The Labute approximate surface area is 61.2 Å². The van der Waals surface area contributed by atoms with E-state index in [0.29, 0.717) is 5.82 Å². The topological polar surface area (TPSA) is 42.9 Å². The monoisotopic (exact) mass is 238 g/mol. The molecule has 0 spiro atoms. The van der Waals surface area contributed by atoms with Crippen molar-refractivity contribution in [2.45, 2.75) is 0 Å². The molecule has 0 aromatic carbocycles. The normalized spacial score (nSPS) is 22.2. The molecule has 9 heavy (non-hydrogen) atoms. The van der Waals surface area contributed by atoms with E-state index in [0.717, 1.165) is 5.76 Å². The first-order valence-corrected chi connectivity index (χ1v) is 4.77. The standard InChI is InChI=1S/C4H3IN2O2/c1-3-4(6-2-5-1)7-9-8-3/h1-2H,(H,6,7). The van der Waals surface area contributed by atoms with Crippen LogP contribution in [-0.2, 0) is 9.88 Å². The van der Waals surface area contributed by atoms with E-state index < -0.39 is 0 Å². The molecule has 2 rings (SSSR count). The van der Waals surface area contributed by atoms with Gasteiger partial charge in [0.2, 0.25) is 11.6 Å². The molecule has 2 aliphatic rings. The van der Waals surface area contributed by atoms with E-state index in [2.05, 4.69) is 20.3 Å². The summed E-state index contributed by atoms with van der Waals surface area (Å²) in [6, 6.07) is 0. The van der Waals surface area contributed by atoms with E-state index in [4.69, 9.17) is 0 Å². The van der Waals surface area contributed by atoms with Gasteiger partial charge < -0.3 is 4.89 Å². The summed E-state index contributed by atoms with van der Waals surface area (Å²) in [5, 5.41) is 0. The minimum Gasteiger partial charge on any atom is -0.310 e. The second-order valence-corrected chi connectivity index (χ2v) is 3.34. The van der Waals surface area contributed by atoms with Crippen LogP contribution in [0.25, 0.3) is 0 Å². The van der Waals surface area contributed by atoms with E-state index >= 15 is 0 Å². The summed E-state index contributed by atoms with van der Waals surface area (Å²) in [4.78, 5) is 13.1. The van der Waals surface area contributed by atoms with Crippen LogP contribution < -0.4 is 5.48 Å². The summed E-state index contributed by atoms with van der Waals surface area (Å²) in [6.07, 6.45) is 0. The molecule has 0 bridgehead atoms. The van der Waals surface area contributed by atoms with Crippen molar-refractivity contribution in [1.82, 2.24) is 5.48 Å². The Bertz CT molecular complexity index is 199. The molecule has 0 radical (unpaired) electrons. The number of nitrogens with one attached hydrogen (secondary N) is 1. The molecule has 0 aliphatic carbocycles. The zero-order chi connectivity index (χ0) is 6.10. The van der Waals surface area contributed by atoms with Crippen LogP contribution in [-0.4, -0.2) is 8.23 Å². The van der Waals surface area contributed by atoms with Gasteiger partial charge in [0, 0.05) is 4.01 Å². The molecule has 0 unspecified atom stereocenters. The lowest BCUT2D eigenvalue weighted by Gasteiger charge is -1.91. The van der Waals surface area contributed by atoms with Crippen molar-refractivity contribution in [1.29, 1.82) is 0 Å². The van der Waals surface area contributed by atoms with Crippen molar-refractivity contribution in [2.24, 2.45) is 4.99 Å². The Morgan fingerprint density at radius 3 is 3.56 bits per heavy atom. The summed E-state index contributed by atoms with van der Waals surface area (Å²) in [5.41, 5.74) is 2.50. The number of hydrogen-bond acceptors (Lipinski definition) is 4. The van der Waals surface area contributed by atoms with Gasteiger partial charge >= 0.3 is 0 Å². The first-order valence-electron chi connectivity index (χ1n) is 2.28. The molecule has 0 atom stereocenters. The van der Waals surface area contributed by atoms with Crippen LogP contribution in [0.5, 0.6) is 0 Å². The summed E-state index contributed by atoms with van der Waals surface area (Å²) < 4.78 is 3.89. The van der Waals surface area contributed by atoms with Crippen molar-refractivity contribution in [3.05, 3.63) is 11.6 Å². The van der Waals surface area contributed by atoms with E-state index in [1.54, 1.807) is 0 Å². The van der Waals surface area contributed by atoms with Crippen LogP contribution in [0.1, 0.15) is 0 Å². The Kier molecular flexibility index (Phi) is 1.23. The maximum absolute atomic E-state index is 4.68. The predicted molar refractivity (Wildman–Crippen MR) is 40.9 cm³/mol. The van der Waals surface area contributed by atoms with Gasteiger partial charge in [0.1, 0.15) is 0 Å². The van der Waals surface area contributed by atoms with Gasteiger partial charge in [0.15, 0.2) is 0 Å². The molecule has 2 aliphatic heterocycles. The molecular formula is C4H3IN2O2. The zero-order valence-electron chi connectivity index (χ0n) is 4.30. The highest BCUT2D eigenvalue weighted by Crippen LogP contribution is 2.16. The first-order chi connectivity index (χ1) is 4.47. The van der Waals surface area contributed by atoms with Crippen molar-refractivity contribution >= 4 is 29.0 Å². The number of nitrogens with zero attached hydrogens (tertiary/aromatic N) is 1. The Morgan fingerprint density at radius 1 is 1.67 bits per heavy atom. The summed E-state index contributed by atoms with van der Waals surface area (Å²) in [5.74, 6) is 1.41. The number of rotatable bonds is 0. The second kappa shape index (κ2) is 2.07. The van der Waals surface area contributed by atoms with Crippen molar-refractivity contribution < 1.29 is 9.88 Å². The van der Waals surface area contributed by atoms with E-state index in [1.807, 2.05) is 8.23 Å². The maximum atomic E-state index is 4.68. The van der Waals surface area contributed by atoms with Crippen molar-refractivity contribution in [3.8, 4) is 0 Å². The molecule has 48 valence electrons. The lowest BCUT2D eigenvalue weighted by Crippen LogP contribution is -2.03. The largest absolute Gasteiger partial charge is 0.310 e. The maximum Gasteiger partial charge on any atom is 0.218 e. The molecule has 0 aromatic heterocycles. The van der Waals surface area contributed by atoms with Crippen molar-refractivity contribution in [2.75, 3.05) is 0 Å². The molecule has 5 heteroatoms. The fraction of sp³-hybridized carbons (Fsp3) is 0. The average molecular weight is 238 g/mol. The summed E-state index contributed by atoms with van der Waals surface area (Å²) in [7, 11) is 0. The third-order valence-electron chi connectivity index (χ3n) is 0.900. The predicted octanol–water partition coefficient (Wildman–Crippen LogP) is 0.437. The highest BCUT2D eigenvalue weighted by atomic mass is 127. The molecule has 1 N–H and O–H groups in total. The molecule has 0 aromatic rings. The third kappa shape index (κ3) is 0.855. The minimum absolute atomic E-state index is 0.0386. The third-order valence-corrected chi connectivity index (χ3v) is 2.42. The van der Waals surface area contributed by atoms with Gasteiger partial charge in [0.05, 0.1) is 4.22 Å². The Hall–Kier alpha value is -0.430. The SMILES string of the molecule is C1=NC2=C(C=I1)OON2. The number of allylic oxidation sites excluding steroid dienone is 1. The number of hydroxylamine groups is 1. The van der Waals surface area contributed by atoms with Gasteiger partial charge in [-0.3, -0.25) is 0 Å². The van der Waals surface area contributed by atoms with Crippen LogP contribution in [0.3, 0.4) is 0 Å². The van der Waals surface area contributed by atoms with Gasteiger partial charge in [-0.25, -0.2) is 10.5 Å². The van der Waals surface area contributed by atoms with E-state index in [1.165, 1.54) is 0 Å². The molecule has 4 nitrogen and oxygen atoms in total. The molecule has 0 amide bonds. The molecule has 0 saturated carbocycles. The Balaban J connectivity index is 2.41. The van der Waals surface area contributed by atoms with Crippen LogP contribution in [0, 0.1) is 0 Å². The van der Waals surface area contributed by atoms with Gasteiger partial charge in [0.25, 0.3) is 0 Å². The average Bonchev–Trinajstić information content (AvgIpc) is 2.33. The number of hydrogen-bond donors (Lipinski definition) is 1.